The maximum Gasteiger partial charge on any atom is 0.272 e. The SMILES string of the molecule is O=C(c1ccccn1)N1CCC2(C1)Cn1c(nnc1Cc1cccnc1)CO2. The fraction of sp³-hybridized carbons (Fsp3) is 0.350. The number of carbonyl (C=O) groups is 1. The highest BCUT2D eigenvalue weighted by atomic mass is 16.5. The normalized spacial score (nSPS) is 21.1. The van der Waals surface area contributed by atoms with Gasteiger partial charge in [0.25, 0.3) is 5.91 Å². The molecule has 1 fully saturated rings. The molecule has 1 spiro atoms. The third kappa shape index (κ3) is 3.05. The van der Waals surface area contributed by atoms with Crippen LogP contribution in [-0.2, 0) is 24.3 Å². The summed E-state index contributed by atoms with van der Waals surface area (Å²) < 4.78 is 8.33. The molecule has 5 heterocycles. The van der Waals surface area contributed by atoms with Crippen molar-refractivity contribution in [3.63, 3.8) is 0 Å². The minimum atomic E-state index is -0.399. The van der Waals surface area contributed by atoms with E-state index in [4.69, 9.17) is 4.74 Å². The molecule has 0 aliphatic carbocycles. The number of fused-ring (bicyclic) bond motifs is 1. The van der Waals surface area contributed by atoms with E-state index in [0.717, 1.165) is 23.6 Å². The van der Waals surface area contributed by atoms with E-state index < -0.39 is 5.60 Å². The molecule has 1 amide bonds. The fourth-order valence-electron chi connectivity index (χ4n) is 3.95. The number of rotatable bonds is 3. The molecular formula is C20H20N6O2. The van der Waals surface area contributed by atoms with Crippen LogP contribution in [0.15, 0.2) is 48.9 Å². The first-order chi connectivity index (χ1) is 13.7. The highest BCUT2D eigenvalue weighted by Gasteiger charge is 2.45. The van der Waals surface area contributed by atoms with E-state index >= 15 is 0 Å². The highest BCUT2D eigenvalue weighted by Crippen LogP contribution is 2.33. The van der Waals surface area contributed by atoms with Crippen LogP contribution in [0.1, 0.15) is 34.1 Å². The summed E-state index contributed by atoms with van der Waals surface area (Å²) in [7, 11) is 0. The molecule has 142 valence electrons. The van der Waals surface area contributed by atoms with Gasteiger partial charge < -0.3 is 14.2 Å². The molecule has 0 aromatic carbocycles. The molecule has 0 N–H and O–H groups in total. The van der Waals surface area contributed by atoms with E-state index in [-0.39, 0.29) is 5.91 Å². The summed E-state index contributed by atoms with van der Waals surface area (Å²) in [4.78, 5) is 22.9. The van der Waals surface area contributed by atoms with Gasteiger partial charge in [-0.3, -0.25) is 14.8 Å². The maximum atomic E-state index is 12.7. The lowest BCUT2D eigenvalue weighted by Crippen LogP contribution is -2.45. The Labute approximate surface area is 162 Å². The van der Waals surface area contributed by atoms with Gasteiger partial charge in [-0.15, -0.1) is 10.2 Å². The molecule has 0 radical (unpaired) electrons. The minimum absolute atomic E-state index is 0.0498. The molecule has 1 saturated heterocycles. The van der Waals surface area contributed by atoms with Gasteiger partial charge in [-0.1, -0.05) is 12.1 Å². The van der Waals surface area contributed by atoms with Crippen molar-refractivity contribution in [2.45, 2.75) is 31.6 Å². The van der Waals surface area contributed by atoms with Crippen LogP contribution in [0.5, 0.6) is 0 Å². The molecule has 8 nitrogen and oxygen atoms in total. The Balaban J connectivity index is 1.34. The molecule has 1 atom stereocenters. The second-order valence-corrected chi connectivity index (χ2v) is 7.32. The van der Waals surface area contributed by atoms with Gasteiger partial charge in [-0.05, 0) is 30.2 Å². The van der Waals surface area contributed by atoms with E-state index in [9.17, 15) is 4.79 Å². The van der Waals surface area contributed by atoms with Gasteiger partial charge in [0, 0.05) is 31.6 Å². The van der Waals surface area contributed by atoms with Crippen molar-refractivity contribution in [2.24, 2.45) is 0 Å². The maximum absolute atomic E-state index is 12.7. The van der Waals surface area contributed by atoms with Crippen LogP contribution in [0.2, 0.25) is 0 Å². The molecule has 5 rings (SSSR count). The molecular weight excluding hydrogens is 356 g/mol. The van der Waals surface area contributed by atoms with Gasteiger partial charge in [0.15, 0.2) is 5.82 Å². The molecule has 0 saturated carbocycles. The Hall–Kier alpha value is -3.13. The van der Waals surface area contributed by atoms with Crippen LogP contribution in [0, 0.1) is 0 Å². The fourth-order valence-corrected chi connectivity index (χ4v) is 3.95. The van der Waals surface area contributed by atoms with E-state index in [2.05, 4.69) is 24.7 Å². The zero-order valence-corrected chi connectivity index (χ0v) is 15.4. The second kappa shape index (κ2) is 6.79. The largest absolute Gasteiger partial charge is 0.363 e. The number of amides is 1. The minimum Gasteiger partial charge on any atom is -0.363 e. The van der Waals surface area contributed by atoms with Gasteiger partial charge >= 0.3 is 0 Å². The summed E-state index contributed by atoms with van der Waals surface area (Å²) in [6.07, 6.45) is 6.71. The second-order valence-electron chi connectivity index (χ2n) is 7.32. The molecule has 3 aromatic rings. The van der Waals surface area contributed by atoms with Crippen LogP contribution < -0.4 is 0 Å². The standard InChI is InChI=1S/C20H20N6O2/c27-19(16-5-1-2-8-22-16)25-9-6-20(13-25)14-26-17(23-24-18(26)12-28-20)10-15-4-3-7-21-11-15/h1-5,7-8,11H,6,9-10,12-14H2. The lowest BCUT2D eigenvalue weighted by molar-refractivity contribution is -0.0814. The first-order valence-electron chi connectivity index (χ1n) is 9.37. The first-order valence-corrected chi connectivity index (χ1v) is 9.37. The molecule has 28 heavy (non-hydrogen) atoms. The van der Waals surface area contributed by atoms with Gasteiger partial charge in [-0.25, -0.2) is 0 Å². The lowest BCUT2D eigenvalue weighted by atomic mass is 10.0. The average molecular weight is 376 g/mol. The number of nitrogens with zero attached hydrogens (tertiary/aromatic N) is 6. The monoisotopic (exact) mass is 376 g/mol. The van der Waals surface area contributed by atoms with Crippen molar-refractivity contribution in [1.29, 1.82) is 0 Å². The molecule has 3 aromatic heterocycles. The van der Waals surface area contributed by atoms with Crippen molar-refractivity contribution >= 4 is 5.91 Å². The number of hydrogen-bond acceptors (Lipinski definition) is 6. The highest BCUT2D eigenvalue weighted by molar-refractivity contribution is 5.92. The lowest BCUT2D eigenvalue weighted by Gasteiger charge is -2.34. The average Bonchev–Trinajstić information content (AvgIpc) is 3.34. The Bertz CT molecular complexity index is 990. The number of carbonyl (C=O) groups excluding carboxylic acids is 1. The van der Waals surface area contributed by atoms with Gasteiger partial charge in [0.05, 0.1) is 13.1 Å². The molecule has 0 bridgehead atoms. The first kappa shape index (κ1) is 17.0. The van der Waals surface area contributed by atoms with Crippen molar-refractivity contribution in [1.82, 2.24) is 29.6 Å². The smallest absolute Gasteiger partial charge is 0.272 e. The Morgan fingerprint density at radius 3 is 2.93 bits per heavy atom. The predicted molar refractivity (Wildman–Crippen MR) is 99.3 cm³/mol. The van der Waals surface area contributed by atoms with Gasteiger partial charge in [0.1, 0.15) is 23.7 Å². The molecule has 2 aliphatic heterocycles. The topological polar surface area (TPSA) is 86.0 Å². The van der Waals surface area contributed by atoms with Gasteiger partial charge in [-0.2, -0.15) is 0 Å². The Kier molecular flexibility index (Phi) is 4.12. The summed E-state index contributed by atoms with van der Waals surface area (Å²) in [6.45, 7) is 2.26. The van der Waals surface area contributed by atoms with E-state index in [1.54, 1.807) is 18.5 Å². The van der Waals surface area contributed by atoms with Crippen molar-refractivity contribution in [3.05, 3.63) is 71.8 Å². The van der Waals surface area contributed by atoms with Crippen molar-refractivity contribution in [2.75, 3.05) is 13.1 Å². The summed E-state index contributed by atoms with van der Waals surface area (Å²) in [5, 5.41) is 8.65. The summed E-state index contributed by atoms with van der Waals surface area (Å²) in [6, 6.07) is 9.35. The number of aromatic nitrogens is 5. The Morgan fingerprint density at radius 2 is 2.11 bits per heavy atom. The molecule has 1 unspecified atom stereocenters. The molecule has 8 heteroatoms. The Morgan fingerprint density at radius 1 is 1.14 bits per heavy atom. The summed E-state index contributed by atoms with van der Waals surface area (Å²) in [5.74, 6) is 1.69. The molecule has 2 aliphatic rings. The predicted octanol–water partition coefficient (Wildman–Crippen LogP) is 1.47. The van der Waals surface area contributed by atoms with E-state index in [1.807, 2.05) is 35.4 Å². The van der Waals surface area contributed by atoms with Crippen LogP contribution in [0.25, 0.3) is 0 Å². The van der Waals surface area contributed by atoms with Crippen molar-refractivity contribution in [3.8, 4) is 0 Å². The zero-order valence-electron chi connectivity index (χ0n) is 15.4. The van der Waals surface area contributed by atoms with Gasteiger partial charge in [0.2, 0.25) is 0 Å². The number of likely N-dealkylation sites (tertiary alicyclic amines) is 1. The van der Waals surface area contributed by atoms with E-state index in [0.29, 0.717) is 38.4 Å². The quantitative estimate of drug-likeness (QED) is 0.688. The van der Waals surface area contributed by atoms with Crippen molar-refractivity contribution < 1.29 is 9.53 Å². The van der Waals surface area contributed by atoms with Crippen LogP contribution in [0.4, 0.5) is 0 Å². The number of hydrogen-bond donors (Lipinski definition) is 0. The van der Waals surface area contributed by atoms with Crippen LogP contribution in [0.3, 0.4) is 0 Å². The van der Waals surface area contributed by atoms with E-state index in [1.165, 1.54) is 0 Å². The summed E-state index contributed by atoms with van der Waals surface area (Å²) in [5.41, 5.74) is 1.16. The zero-order chi connectivity index (χ0) is 19.0. The third-order valence-corrected chi connectivity index (χ3v) is 5.43. The third-order valence-electron chi connectivity index (χ3n) is 5.43. The number of pyridine rings is 2. The number of ether oxygens (including phenoxy) is 1. The van der Waals surface area contributed by atoms with Crippen LogP contribution >= 0.6 is 0 Å². The summed E-state index contributed by atoms with van der Waals surface area (Å²) >= 11 is 0. The van der Waals surface area contributed by atoms with Crippen LogP contribution in [-0.4, -0.2) is 54.2 Å².